The molecule has 2 unspecified atom stereocenters. The molecule has 2 aliphatic heterocycles. The van der Waals surface area contributed by atoms with Crippen molar-refractivity contribution in [1.29, 1.82) is 0 Å². The third-order valence-electron chi connectivity index (χ3n) is 5.42. The first-order valence-electron chi connectivity index (χ1n) is 10.7. The molecule has 2 aliphatic rings. The number of rotatable bonds is 7. The van der Waals surface area contributed by atoms with Crippen LogP contribution in [0.1, 0.15) is 18.9 Å². The number of aliphatic hydroxyl groups excluding tert-OH is 1. The average molecular weight is 444 g/mol. The van der Waals surface area contributed by atoms with Crippen LogP contribution in [-0.2, 0) is 10.9 Å². The summed E-state index contributed by atoms with van der Waals surface area (Å²) in [6, 6.07) is 5.09. The lowest BCUT2D eigenvalue weighted by Gasteiger charge is -2.32. The maximum atomic E-state index is 12.8. The number of hydrogen-bond donors (Lipinski definition) is 2. The summed E-state index contributed by atoms with van der Waals surface area (Å²) in [5, 5.41) is 13.5. The number of aliphatic imine (C=N–C) groups is 1. The largest absolute Gasteiger partial charge is 0.491 e. The van der Waals surface area contributed by atoms with E-state index in [-0.39, 0.29) is 18.9 Å². The molecule has 0 amide bonds. The Morgan fingerprint density at radius 1 is 1.32 bits per heavy atom. The van der Waals surface area contributed by atoms with Crippen molar-refractivity contribution in [2.45, 2.75) is 31.7 Å². The molecular formula is C21H31F3N4O3. The van der Waals surface area contributed by atoms with Gasteiger partial charge in [0, 0.05) is 38.8 Å². The highest BCUT2D eigenvalue weighted by Crippen LogP contribution is 2.31. The van der Waals surface area contributed by atoms with Crippen molar-refractivity contribution in [2.75, 3.05) is 59.1 Å². The van der Waals surface area contributed by atoms with Gasteiger partial charge in [0.25, 0.3) is 0 Å². The van der Waals surface area contributed by atoms with E-state index >= 15 is 0 Å². The Balaban J connectivity index is 1.51. The number of alkyl halides is 3. The summed E-state index contributed by atoms with van der Waals surface area (Å²) in [4.78, 5) is 9.16. The van der Waals surface area contributed by atoms with Gasteiger partial charge in [-0.1, -0.05) is 6.07 Å². The fraction of sp³-hybridized carbons (Fsp3) is 0.667. The fourth-order valence-electron chi connectivity index (χ4n) is 3.80. The molecule has 0 radical (unpaired) electrons. The lowest BCUT2D eigenvalue weighted by molar-refractivity contribution is -0.137. The fourth-order valence-corrected chi connectivity index (χ4v) is 3.80. The highest BCUT2D eigenvalue weighted by atomic mass is 19.4. The van der Waals surface area contributed by atoms with Gasteiger partial charge in [-0.2, -0.15) is 13.2 Å². The minimum absolute atomic E-state index is 0.0673. The summed E-state index contributed by atoms with van der Waals surface area (Å²) in [7, 11) is 0. The second-order valence-corrected chi connectivity index (χ2v) is 7.72. The minimum Gasteiger partial charge on any atom is -0.491 e. The number of guanidine groups is 1. The Bertz CT molecular complexity index is 726. The summed E-state index contributed by atoms with van der Waals surface area (Å²) >= 11 is 0. The van der Waals surface area contributed by atoms with Crippen LogP contribution in [0.5, 0.6) is 5.75 Å². The molecule has 1 aromatic rings. The Morgan fingerprint density at radius 2 is 2.10 bits per heavy atom. The zero-order valence-electron chi connectivity index (χ0n) is 17.8. The molecule has 2 fully saturated rings. The van der Waals surface area contributed by atoms with E-state index in [0.29, 0.717) is 12.6 Å². The second-order valence-electron chi connectivity index (χ2n) is 7.72. The molecule has 3 rings (SSSR count). The Labute approximate surface area is 180 Å². The van der Waals surface area contributed by atoms with Gasteiger partial charge in [-0.05, 0) is 31.5 Å². The lowest BCUT2D eigenvalue weighted by Crippen LogP contribution is -2.46. The maximum Gasteiger partial charge on any atom is 0.416 e. The second kappa shape index (κ2) is 11.0. The maximum absolute atomic E-state index is 12.8. The van der Waals surface area contributed by atoms with Crippen molar-refractivity contribution in [2.24, 2.45) is 4.99 Å². The highest BCUT2D eigenvalue weighted by molar-refractivity contribution is 5.80. The lowest BCUT2D eigenvalue weighted by atomic mass is 10.2. The molecular weight excluding hydrogens is 413 g/mol. The van der Waals surface area contributed by atoms with Crippen LogP contribution in [0.25, 0.3) is 0 Å². The van der Waals surface area contributed by atoms with Crippen LogP contribution in [0.2, 0.25) is 0 Å². The molecule has 2 heterocycles. The standard InChI is InChI=1S/C21H31F3N4O3/c1-2-25-20(28-7-6-17(14-28)27-8-10-30-11-9-27)26-13-18(29)15-31-19-5-3-4-16(12-19)21(22,23)24/h3-5,12,17-18,29H,2,6-11,13-15H2,1H3,(H,25,26). The molecule has 0 bridgehead atoms. The van der Waals surface area contributed by atoms with Crippen molar-refractivity contribution < 1.29 is 27.8 Å². The molecule has 10 heteroatoms. The smallest absolute Gasteiger partial charge is 0.416 e. The number of halogens is 3. The van der Waals surface area contributed by atoms with Gasteiger partial charge in [0.15, 0.2) is 5.96 Å². The van der Waals surface area contributed by atoms with E-state index in [9.17, 15) is 18.3 Å². The van der Waals surface area contributed by atoms with Crippen LogP contribution in [0.4, 0.5) is 13.2 Å². The monoisotopic (exact) mass is 444 g/mol. The molecule has 0 saturated carbocycles. The van der Waals surface area contributed by atoms with E-state index in [1.165, 1.54) is 12.1 Å². The topological polar surface area (TPSA) is 69.6 Å². The van der Waals surface area contributed by atoms with E-state index in [1.54, 1.807) is 0 Å². The third kappa shape index (κ3) is 6.98. The van der Waals surface area contributed by atoms with Crippen LogP contribution in [0.3, 0.4) is 0 Å². The first-order chi connectivity index (χ1) is 14.9. The van der Waals surface area contributed by atoms with Gasteiger partial charge in [-0.15, -0.1) is 0 Å². The van der Waals surface area contributed by atoms with E-state index in [1.807, 2.05) is 6.92 Å². The molecule has 0 spiro atoms. The quantitative estimate of drug-likeness (QED) is 0.494. The summed E-state index contributed by atoms with van der Waals surface area (Å²) in [5.74, 6) is 0.800. The summed E-state index contributed by atoms with van der Waals surface area (Å²) in [6.07, 6.45) is -4.32. The van der Waals surface area contributed by atoms with Gasteiger partial charge < -0.3 is 24.8 Å². The SMILES string of the molecule is CCNC(=NCC(O)COc1cccc(C(F)(F)F)c1)N1CCC(N2CCOCC2)C1. The average Bonchev–Trinajstić information content (AvgIpc) is 3.25. The number of nitrogens with one attached hydrogen (secondary N) is 1. The zero-order chi connectivity index (χ0) is 22.3. The summed E-state index contributed by atoms with van der Waals surface area (Å²) in [5.41, 5.74) is -0.782. The number of benzene rings is 1. The van der Waals surface area contributed by atoms with Crippen LogP contribution >= 0.6 is 0 Å². The van der Waals surface area contributed by atoms with Crippen LogP contribution in [0.15, 0.2) is 29.3 Å². The Kier molecular flexibility index (Phi) is 8.39. The normalized spacial score (nSPS) is 21.9. The Morgan fingerprint density at radius 3 is 2.81 bits per heavy atom. The van der Waals surface area contributed by atoms with Crippen molar-refractivity contribution in [3.05, 3.63) is 29.8 Å². The molecule has 2 saturated heterocycles. The van der Waals surface area contributed by atoms with Crippen molar-refractivity contribution >= 4 is 5.96 Å². The van der Waals surface area contributed by atoms with Gasteiger partial charge in [0.05, 0.1) is 25.3 Å². The van der Waals surface area contributed by atoms with Crippen LogP contribution in [0, 0.1) is 0 Å². The number of nitrogens with zero attached hydrogens (tertiary/aromatic N) is 3. The molecule has 2 atom stereocenters. The minimum atomic E-state index is -4.43. The predicted octanol–water partition coefficient (Wildman–Crippen LogP) is 1.82. The molecule has 1 aromatic carbocycles. The van der Waals surface area contributed by atoms with E-state index < -0.39 is 17.8 Å². The van der Waals surface area contributed by atoms with Crippen molar-refractivity contribution in [3.63, 3.8) is 0 Å². The van der Waals surface area contributed by atoms with Crippen LogP contribution in [-0.4, -0.2) is 92.1 Å². The van der Waals surface area contributed by atoms with Gasteiger partial charge in [-0.25, -0.2) is 0 Å². The van der Waals surface area contributed by atoms with Gasteiger partial charge in [-0.3, -0.25) is 9.89 Å². The van der Waals surface area contributed by atoms with Gasteiger partial charge in [0.2, 0.25) is 0 Å². The zero-order valence-corrected chi connectivity index (χ0v) is 17.8. The molecule has 0 aliphatic carbocycles. The highest BCUT2D eigenvalue weighted by Gasteiger charge is 2.31. The van der Waals surface area contributed by atoms with Gasteiger partial charge >= 0.3 is 6.18 Å². The van der Waals surface area contributed by atoms with Crippen molar-refractivity contribution in [1.82, 2.24) is 15.1 Å². The van der Waals surface area contributed by atoms with E-state index in [2.05, 4.69) is 20.1 Å². The third-order valence-corrected chi connectivity index (χ3v) is 5.42. The van der Waals surface area contributed by atoms with Crippen molar-refractivity contribution in [3.8, 4) is 5.75 Å². The first kappa shape index (κ1) is 23.6. The number of morpholine rings is 1. The predicted molar refractivity (Wildman–Crippen MR) is 111 cm³/mol. The van der Waals surface area contributed by atoms with E-state index in [4.69, 9.17) is 9.47 Å². The Hall–Kier alpha value is -2.04. The number of hydrogen-bond acceptors (Lipinski definition) is 5. The number of ether oxygens (including phenoxy) is 2. The van der Waals surface area contributed by atoms with E-state index in [0.717, 1.165) is 63.9 Å². The first-order valence-corrected chi connectivity index (χ1v) is 10.7. The number of likely N-dealkylation sites (tertiary alicyclic amines) is 1. The molecule has 174 valence electrons. The summed E-state index contributed by atoms with van der Waals surface area (Å²) < 4.78 is 49.2. The molecule has 7 nitrogen and oxygen atoms in total. The summed E-state index contributed by atoms with van der Waals surface area (Å²) in [6.45, 7) is 7.81. The van der Waals surface area contributed by atoms with Crippen LogP contribution < -0.4 is 10.1 Å². The molecule has 2 N–H and O–H groups in total. The van der Waals surface area contributed by atoms with Gasteiger partial charge in [0.1, 0.15) is 18.5 Å². The molecule has 31 heavy (non-hydrogen) atoms. The number of aliphatic hydroxyl groups is 1. The molecule has 0 aromatic heterocycles.